The third kappa shape index (κ3) is 9.29. The number of carbonyl (C=O) groups excluding carboxylic acids is 2. The smallest absolute Gasteiger partial charge is 0.186 e. The summed E-state index contributed by atoms with van der Waals surface area (Å²) in [6.07, 6.45) is 11.0. The zero-order valence-corrected chi connectivity index (χ0v) is 33.6. The fourth-order valence-electron chi connectivity index (χ4n) is 5.53. The van der Waals surface area contributed by atoms with Gasteiger partial charge in [0.25, 0.3) is 0 Å². The van der Waals surface area contributed by atoms with Crippen LogP contribution in [-0.2, 0) is 9.59 Å². The van der Waals surface area contributed by atoms with E-state index in [0.717, 1.165) is 49.0 Å². The molecule has 262 valence electrons. The normalized spacial score (nSPS) is 16.5. The molecule has 2 aliphatic rings. The van der Waals surface area contributed by atoms with Crippen molar-refractivity contribution in [2.75, 3.05) is 0 Å². The second kappa shape index (κ2) is 14.4. The number of ketones is 2. The van der Waals surface area contributed by atoms with Gasteiger partial charge in [0.1, 0.15) is 5.69 Å². The summed E-state index contributed by atoms with van der Waals surface area (Å²) in [5.41, 5.74) is 6.56. The number of rotatable bonds is 5. The molecule has 8 heteroatoms. The van der Waals surface area contributed by atoms with Crippen molar-refractivity contribution >= 4 is 50.5 Å². The van der Waals surface area contributed by atoms with Crippen LogP contribution in [-0.4, -0.2) is 11.6 Å². The first kappa shape index (κ1) is 39.0. The fraction of sp³-hybridized carbons (Fsp3) is 0.381. The average Bonchev–Trinajstić information content (AvgIpc) is 2.97. The van der Waals surface area contributed by atoms with Gasteiger partial charge in [-0.05, 0) is 108 Å². The van der Waals surface area contributed by atoms with Gasteiger partial charge in [0.05, 0.1) is 23.1 Å². The topological polar surface area (TPSA) is 83.6 Å². The molecule has 0 bridgehead atoms. The largest absolute Gasteiger partial charge is 0.289 e. The Morgan fingerprint density at radius 3 is 1.22 bits per heavy atom. The lowest BCUT2D eigenvalue weighted by Gasteiger charge is -2.31. The lowest BCUT2D eigenvalue weighted by atomic mass is 9.72. The maximum Gasteiger partial charge on any atom is 0.186 e. The molecule has 0 heterocycles. The first-order valence-corrected chi connectivity index (χ1v) is 17.9. The number of nitrogens with zero attached hydrogens (tertiary/aromatic N) is 4. The van der Waals surface area contributed by atoms with Gasteiger partial charge < -0.3 is 0 Å². The SMILES string of the molecule is CC(C)(C)C1=CC(=CN=Nc2ccc(-c3ccc(N=NC=C4C=C(C(C)(C)C)C(=O)C(C(C)(C)C)=C4)c(Br)c3)cc2Cl)C=C(C(C)(C)C)C1=O. The molecule has 0 N–H and O–H groups in total. The van der Waals surface area contributed by atoms with Crippen LogP contribution in [0.4, 0.5) is 11.4 Å². The Bertz CT molecular complexity index is 1760. The molecule has 0 saturated heterocycles. The van der Waals surface area contributed by atoms with Gasteiger partial charge in [-0.15, -0.1) is 10.2 Å². The van der Waals surface area contributed by atoms with Gasteiger partial charge in [-0.25, -0.2) is 0 Å². The first-order valence-electron chi connectivity index (χ1n) is 16.8. The Hall–Kier alpha value is -3.81. The maximum atomic E-state index is 13.2. The van der Waals surface area contributed by atoms with Gasteiger partial charge in [-0.3, -0.25) is 9.59 Å². The molecule has 0 saturated carbocycles. The van der Waals surface area contributed by atoms with Crippen molar-refractivity contribution in [3.8, 4) is 11.1 Å². The molecule has 2 aliphatic carbocycles. The molecule has 0 unspecified atom stereocenters. The fourth-order valence-corrected chi connectivity index (χ4v) is 6.21. The van der Waals surface area contributed by atoms with E-state index < -0.39 is 0 Å². The van der Waals surface area contributed by atoms with Crippen LogP contribution in [0.1, 0.15) is 83.1 Å². The second-order valence-electron chi connectivity index (χ2n) is 16.9. The van der Waals surface area contributed by atoms with Crippen LogP contribution < -0.4 is 0 Å². The van der Waals surface area contributed by atoms with Crippen molar-refractivity contribution < 1.29 is 9.59 Å². The highest BCUT2D eigenvalue weighted by Crippen LogP contribution is 2.41. The summed E-state index contributed by atoms with van der Waals surface area (Å²) in [5, 5.41) is 18.0. The molecule has 2 aromatic rings. The van der Waals surface area contributed by atoms with Gasteiger partial charge in [0.2, 0.25) is 0 Å². The van der Waals surface area contributed by atoms with Crippen molar-refractivity contribution in [2.45, 2.75) is 83.1 Å². The minimum absolute atomic E-state index is 0.0789. The summed E-state index contributed by atoms with van der Waals surface area (Å²) in [6, 6.07) is 11.4. The highest BCUT2D eigenvalue weighted by Gasteiger charge is 2.35. The van der Waals surface area contributed by atoms with Crippen LogP contribution in [0.2, 0.25) is 5.02 Å². The van der Waals surface area contributed by atoms with E-state index in [4.69, 9.17) is 11.6 Å². The van der Waals surface area contributed by atoms with E-state index in [1.54, 1.807) is 12.4 Å². The van der Waals surface area contributed by atoms with Crippen molar-refractivity contribution in [3.05, 3.63) is 116 Å². The Morgan fingerprint density at radius 2 is 0.880 bits per heavy atom. The Balaban J connectivity index is 1.55. The summed E-state index contributed by atoms with van der Waals surface area (Å²) in [6.45, 7) is 24.5. The summed E-state index contributed by atoms with van der Waals surface area (Å²) >= 11 is 10.3. The molecule has 0 aromatic heterocycles. The molecular formula is C42H48BrClN4O2. The zero-order valence-electron chi connectivity index (χ0n) is 31.3. The van der Waals surface area contributed by atoms with Crippen molar-refractivity contribution in [3.63, 3.8) is 0 Å². The monoisotopic (exact) mass is 754 g/mol. The van der Waals surface area contributed by atoms with Crippen molar-refractivity contribution in [2.24, 2.45) is 42.1 Å². The number of carbonyl (C=O) groups is 2. The van der Waals surface area contributed by atoms with Gasteiger partial charge >= 0.3 is 0 Å². The highest BCUT2D eigenvalue weighted by atomic mass is 79.9. The van der Waals surface area contributed by atoms with Crippen LogP contribution in [0, 0.1) is 21.7 Å². The van der Waals surface area contributed by atoms with Crippen LogP contribution in [0.3, 0.4) is 0 Å². The third-order valence-corrected chi connectivity index (χ3v) is 9.37. The maximum absolute atomic E-state index is 13.2. The van der Waals surface area contributed by atoms with Crippen LogP contribution in [0.15, 0.2) is 131 Å². The molecule has 4 rings (SSSR count). The first-order chi connectivity index (χ1) is 23.0. The van der Waals surface area contributed by atoms with E-state index in [1.807, 2.05) is 144 Å². The Morgan fingerprint density at radius 1 is 0.540 bits per heavy atom. The van der Waals surface area contributed by atoms with Crippen LogP contribution in [0.5, 0.6) is 0 Å². The van der Waals surface area contributed by atoms with Gasteiger partial charge in [-0.1, -0.05) is 107 Å². The number of hydrogen-bond acceptors (Lipinski definition) is 6. The van der Waals surface area contributed by atoms with E-state index >= 15 is 0 Å². The molecule has 50 heavy (non-hydrogen) atoms. The summed E-state index contributed by atoms with van der Waals surface area (Å²) in [4.78, 5) is 26.4. The van der Waals surface area contributed by atoms with E-state index in [-0.39, 0.29) is 33.2 Å². The predicted octanol–water partition coefficient (Wildman–Crippen LogP) is 13.8. The van der Waals surface area contributed by atoms with E-state index in [2.05, 4.69) is 36.4 Å². The minimum atomic E-state index is -0.301. The summed E-state index contributed by atoms with van der Waals surface area (Å²) in [5.74, 6) is 0.165. The lowest BCUT2D eigenvalue weighted by molar-refractivity contribution is -0.114. The number of hydrogen-bond donors (Lipinski definition) is 0. The van der Waals surface area contributed by atoms with Gasteiger partial charge in [0.15, 0.2) is 11.6 Å². The third-order valence-electron chi connectivity index (χ3n) is 8.43. The van der Waals surface area contributed by atoms with Crippen molar-refractivity contribution in [1.82, 2.24) is 0 Å². The molecule has 0 fully saturated rings. The van der Waals surface area contributed by atoms with Crippen LogP contribution in [0.25, 0.3) is 11.1 Å². The number of azo groups is 2. The summed E-state index contributed by atoms with van der Waals surface area (Å²) < 4.78 is 0.774. The number of benzene rings is 2. The number of Topliss-reactive ketones (excluding diaryl/α,β-unsaturated/α-hetero) is 2. The number of halogens is 2. The quantitative estimate of drug-likeness (QED) is 0.285. The molecule has 0 radical (unpaired) electrons. The highest BCUT2D eigenvalue weighted by molar-refractivity contribution is 9.10. The Kier molecular flexibility index (Phi) is 11.3. The standard InChI is InChI=1S/C42H48BrClN4O2/c1-39(2,3)29-17-25(18-30(37(29)49)40(4,5)6)23-45-47-35-15-13-27(21-33(35)43)28-14-16-36(34(44)22-28)48-46-24-26-19-31(41(7,8)9)38(50)32(20-26)42(10,11)12/h13-24H,1-12H3. The second-order valence-corrected chi connectivity index (χ2v) is 18.2. The molecule has 6 nitrogen and oxygen atoms in total. The van der Waals surface area contributed by atoms with E-state index in [9.17, 15) is 9.59 Å². The molecular weight excluding hydrogens is 708 g/mol. The molecule has 0 aliphatic heterocycles. The van der Waals surface area contributed by atoms with Crippen LogP contribution >= 0.6 is 27.5 Å². The molecule has 0 spiro atoms. The molecule has 2 aromatic carbocycles. The zero-order chi connectivity index (χ0) is 37.4. The van der Waals surface area contributed by atoms with Crippen molar-refractivity contribution in [1.29, 1.82) is 0 Å². The predicted molar refractivity (Wildman–Crippen MR) is 210 cm³/mol. The van der Waals surface area contributed by atoms with E-state index in [0.29, 0.717) is 16.4 Å². The minimum Gasteiger partial charge on any atom is -0.289 e. The molecule has 0 atom stereocenters. The lowest BCUT2D eigenvalue weighted by Crippen LogP contribution is -2.27. The average molecular weight is 756 g/mol. The van der Waals surface area contributed by atoms with E-state index in [1.165, 1.54) is 0 Å². The summed E-state index contributed by atoms with van der Waals surface area (Å²) in [7, 11) is 0. The molecule has 0 amide bonds. The van der Waals surface area contributed by atoms with Gasteiger partial charge in [0, 0.05) is 26.8 Å². The Labute approximate surface area is 311 Å². The number of allylic oxidation sites excluding steroid dienone is 10. The van der Waals surface area contributed by atoms with Gasteiger partial charge in [-0.2, -0.15) is 10.2 Å².